The van der Waals surface area contributed by atoms with Crippen molar-refractivity contribution in [2.24, 2.45) is 11.5 Å². The Morgan fingerprint density at radius 2 is 1.03 bits per heavy atom. The third-order valence-corrected chi connectivity index (χ3v) is 5.94. The summed E-state index contributed by atoms with van der Waals surface area (Å²) in [6.45, 7) is 2.70. The van der Waals surface area contributed by atoms with E-state index in [0.717, 1.165) is 14.2 Å². The summed E-state index contributed by atoms with van der Waals surface area (Å²) < 4.78 is 9.19. The molecule has 6 N–H and O–H groups in total. The molecule has 2 aromatic carbocycles. The highest BCUT2D eigenvalue weighted by atomic mass is 16.5. The van der Waals surface area contributed by atoms with Crippen molar-refractivity contribution in [2.45, 2.75) is 37.8 Å². The molecule has 200 valence electrons. The molecule has 0 aromatic heterocycles. The van der Waals surface area contributed by atoms with Crippen LogP contribution in [0.15, 0.2) is 36.4 Å². The van der Waals surface area contributed by atoms with Gasteiger partial charge in [-0.2, -0.15) is 0 Å². The number of carbonyl (C=O) groups excluding carboxylic acids is 6. The maximum Gasteiger partial charge on any atom is 0.326 e. The highest BCUT2D eigenvalue weighted by molar-refractivity contribution is 6.29. The standard InChI is InChI=1S/C26H28N4O8/c1-25(27,23(35)37-3)11-19(31)29-13-5-7-15-17(9-13)22(34)18-10-14(6-8-16(18)21(15)33)30-20(32)12-26(2,28)24(36)38-4/h5-10H,11-12,27-28H2,1-4H3,(H,29,31)(H,30,32)/t25-,26-/m0/s1. The van der Waals surface area contributed by atoms with Crippen LogP contribution >= 0.6 is 0 Å². The summed E-state index contributed by atoms with van der Waals surface area (Å²) in [6, 6.07) is 8.45. The van der Waals surface area contributed by atoms with E-state index < -0.39 is 46.4 Å². The lowest BCUT2D eigenvalue weighted by molar-refractivity contribution is -0.148. The van der Waals surface area contributed by atoms with Crippen LogP contribution in [0.25, 0.3) is 0 Å². The minimum atomic E-state index is -1.56. The fourth-order valence-electron chi connectivity index (χ4n) is 3.99. The molecule has 0 spiro atoms. The SMILES string of the molecule is COC(=O)[C@@](C)(N)CC(=O)Nc1ccc2c(c1)C(=O)c1cc(NC(=O)C[C@](C)(N)C(=O)OC)ccc1C2=O. The Bertz CT molecular complexity index is 1260. The highest BCUT2D eigenvalue weighted by Crippen LogP contribution is 2.31. The van der Waals surface area contributed by atoms with Gasteiger partial charge in [-0.3, -0.25) is 28.8 Å². The Labute approximate surface area is 218 Å². The zero-order valence-electron chi connectivity index (χ0n) is 21.3. The first-order chi connectivity index (χ1) is 17.7. The first kappa shape index (κ1) is 28.2. The molecule has 3 rings (SSSR count). The van der Waals surface area contributed by atoms with E-state index in [4.69, 9.17) is 11.5 Å². The number of hydrogen-bond donors (Lipinski definition) is 4. The molecular formula is C26H28N4O8. The molecule has 2 atom stereocenters. The third-order valence-electron chi connectivity index (χ3n) is 5.94. The van der Waals surface area contributed by atoms with Gasteiger partial charge in [0.25, 0.3) is 0 Å². The van der Waals surface area contributed by atoms with Crippen LogP contribution in [-0.4, -0.2) is 60.6 Å². The fraction of sp³-hybridized carbons (Fsp3) is 0.308. The van der Waals surface area contributed by atoms with Gasteiger partial charge in [-0.05, 0) is 50.2 Å². The number of amides is 2. The van der Waals surface area contributed by atoms with E-state index in [0.29, 0.717) is 0 Å². The van der Waals surface area contributed by atoms with Gasteiger partial charge >= 0.3 is 11.9 Å². The molecule has 0 saturated carbocycles. The fourth-order valence-corrected chi connectivity index (χ4v) is 3.99. The summed E-state index contributed by atoms with van der Waals surface area (Å²) in [6.07, 6.45) is -0.763. The molecular weight excluding hydrogens is 496 g/mol. The van der Waals surface area contributed by atoms with Crippen molar-refractivity contribution in [3.63, 3.8) is 0 Å². The van der Waals surface area contributed by atoms with Gasteiger partial charge in [-0.15, -0.1) is 0 Å². The Kier molecular flexibility index (Phi) is 7.79. The van der Waals surface area contributed by atoms with Crippen molar-refractivity contribution in [3.05, 3.63) is 58.7 Å². The van der Waals surface area contributed by atoms with E-state index in [1.807, 2.05) is 0 Å². The average Bonchev–Trinajstić information content (AvgIpc) is 2.85. The van der Waals surface area contributed by atoms with Gasteiger partial charge in [0.1, 0.15) is 11.1 Å². The molecule has 2 aromatic rings. The number of methoxy groups -OCH3 is 2. The monoisotopic (exact) mass is 524 g/mol. The number of ketones is 2. The van der Waals surface area contributed by atoms with Crippen LogP contribution in [0.5, 0.6) is 0 Å². The van der Waals surface area contributed by atoms with Gasteiger partial charge in [0, 0.05) is 33.6 Å². The van der Waals surface area contributed by atoms with Crippen molar-refractivity contribution >= 4 is 46.7 Å². The number of hydrogen-bond acceptors (Lipinski definition) is 10. The Morgan fingerprint density at radius 3 is 1.37 bits per heavy atom. The Balaban J connectivity index is 1.81. The van der Waals surface area contributed by atoms with E-state index in [2.05, 4.69) is 20.1 Å². The van der Waals surface area contributed by atoms with Crippen molar-refractivity contribution in [1.82, 2.24) is 0 Å². The minimum absolute atomic E-state index is 0.0486. The van der Waals surface area contributed by atoms with Crippen LogP contribution in [0.3, 0.4) is 0 Å². The summed E-state index contributed by atoms with van der Waals surface area (Å²) in [5.74, 6) is -3.64. The first-order valence-corrected chi connectivity index (χ1v) is 11.4. The van der Waals surface area contributed by atoms with E-state index in [9.17, 15) is 28.8 Å². The lowest BCUT2D eigenvalue weighted by atomic mass is 9.83. The molecule has 12 heteroatoms. The van der Waals surface area contributed by atoms with E-state index in [-0.39, 0.29) is 46.5 Å². The number of nitrogens with one attached hydrogen (secondary N) is 2. The first-order valence-electron chi connectivity index (χ1n) is 11.4. The smallest absolute Gasteiger partial charge is 0.326 e. The second kappa shape index (κ2) is 10.5. The van der Waals surface area contributed by atoms with Crippen LogP contribution in [-0.2, 0) is 28.7 Å². The molecule has 0 fully saturated rings. The summed E-state index contributed by atoms with van der Waals surface area (Å²) >= 11 is 0. The lowest BCUT2D eigenvalue weighted by Crippen LogP contribution is -2.48. The number of nitrogens with two attached hydrogens (primary N) is 2. The predicted octanol–water partition coefficient (Wildman–Crippen LogP) is 0.900. The number of anilines is 2. The van der Waals surface area contributed by atoms with Crippen molar-refractivity contribution in [3.8, 4) is 0 Å². The van der Waals surface area contributed by atoms with E-state index in [1.165, 1.54) is 50.2 Å². The van der Waals surface area contributed by atoms with Crippen molar-refractivity contribution in [2.75, 3.05) is 24.9 Å². The number of esters is 2. The molecule has 1 aliphatic carbocycles. The van der Waals surface area contributed by atoms with Gasteiger partial charge < -0.3 is 31.6 Å². The van der Waals surface area contributed by atoms with Gasteiger partial charge in [-0.1, -0.05) is 0 Å². The molecule has 0 heterocycles. The molecule has 12 nitrogen and oxygen atoms in total. The predicted molar refractivity (Wildman–Crippen MR) is 135 cm³/mol. The topological polar surface area (TPSA) is 197 Å². The van der Waals surface area contributed by atoms with Crippen molar-refractivity contribution in [1.29, 1.82) is 0 Å². The number of fused-ring (bicyclic) bond motifs is 2. The van der Waals surface area contributed by atoms with Gasteiger partial charge in [0.15, 0.2) is 11.6 Å². The maximum absolute atomic E-state index is 13.3. The number of benzene rings is 2. The molecule has 0 saturated heterocycles. The second-order valence-electron chi connectivity index (χ2n) is 9.45. The quantitative estimate of drug-likeness (QED) is 0.307. The molecule has 1 aliphatic rings. The molecule has 0 radical (unpaired) electrons. The summed E-state index contributed by atoms with van der Waals surface area (Å²) in [5.41, 5.74) is 9.38. The normalized spacial score (nSPS) is 15.2. The van der Waals surface area contributed by atoms with Gasteiger partial charge in [0.2, 0.25) is 11.8 Å². The molecule has 0 bridgehead atoms. The van der Waals surface area contributed by atoms with Crippen LogP contribution in [0.4, 0.5) is 11.4 Å². The summed E-state index contributed by atoms with van der Waals surface area (Å²) in [5, 5.41) is 5.13. The van der Waals surface area contributed by atoms with E-state index in [1.54, 1.807) is 0 Å². The second-order valence-corrected chi connectivity index (χ2v) is 9.45. The lowest BCUT2D eigenvalue weighted by Gasteiger charge is -2.22. The molecule has 2 amide bonds. The van der Waals surface area contributed by atoms with Gasteiger partial charge in [0.05, 0.1) is 27.1 Å². The Hall–Kier alpha value is -4.42. The van der Waals surface area contributed by atoms with Crippen LogP contribution < -0.4 is 22.1 Å². The maximum atomic E-state index is 13.3. The number of ether oxygens (including phenoxy) is 2. The zero-order valence-corrected chi connectivity index (χ0v) is 21.3. The number of rotatable bonds is 8. The Morgan fingerprint density at radius 1 is 0.684 bits per heavy atom. The zero-order chi connectivity index (χ0) is 28.4. The highest BCUT2D eigenvalue weighted by Gasteiger charge is 2.34. The van der Waals surface area contributed by atoms with Gasteiger partial charge in [-0.25, -0.2) is 0 Å². The molecule has 38 heavy (non-hydrogen) atoms. The van der Waals surface area contributed by atoms with E-state index >= 15 is 0 Å². The largest absolute Gasteiger partial charge is 0.468 e. The number of carbonyl (C=O) groups is 6. The van der Waals surface area contributed by atoms with Crippen molar-refractivity contribution < 1.29 is 38.2 Å². The third kappa shape index (κ3) is 5.76. The summed E-state index contributed by atoms with van der Waals surface area (Å²) in [4.78, 5) is 74.7. The average molecular weight is 525 g/mol. The van der Waals surface area contributed by atoms with Crippen LogP contribution in [0.1, 0.15) is 58.5 Å². The van der Waals surface area contributed by atoms with Crippen LogP contribution in [0.2, 0.25) is 0 Å². The van der Waals surface area contributed by atoms with Crippen LogP contribution in [0, 0.1) is 0 Å². The molecule has 0 aliphatic heterocycles. The molecule has 0 unspecified atom stereocenters. The minimum Gasteiger partial charge on any atom is -0.468 e. The summed E-state index contributed by atoms with van der Waals surface area (Å²) in [7, 11) is 2.31.